The van der Waals surface area contributed by atoms with Gasteiger partial charge in [0.2, 0.25) is 0 Å². The van der Waals surface area contributed by atoms with E-state index in [9.17, 15) is 5.11 Å². The van der Waals surface area contributed by atoms with Crippen LogP contribution in [-0.4, -0.2) is 10.1 Å². The summed E-state index contributed by atoms with van der Waals surface area (Å²) in [6.07, 6.45) is 3.36. The van der Waals surface area contributed by atoms with Crippen LogP contribution in [0.3, 0.4) is 0 Å². The highest BCUT2D eigenvalue weighted by Gasteiger charge is 2.31. The van der Waals surface area contributed by atoms with Gasteiger partial charge in [-0.15, -0.1) is 0 Å². The second-order valence-corrected chi connectivity index (χ2v) is 6.64. The third-order valence-electron chi connectivity index (χ3n) is 3.64. The molecule has 0 fully saturated rings. The Morgan fingerprint density at radius 2 is 1.70 bits per heavy atom. The molecule has 20 heavy (non-hydrogen) atoms. The smallest absolute Gasteiger partial charge is 0.0902 e. The molecule has 0 unspecified atom stereocenters. The fourth-order valence-corrected chi connectivity index (χ4v) is 3.03. The molecule has 1 N–H and O–H groups in total. The van der Waals surface area contributed by atoms with Gasteiger partial charge in [0.15, 0.2) is 0 Å². The molecule has 2 nitrogen and oxygen atoms in total. The molecule has 0 amide bonds. The highest BCUT2D eigenvalue weighted by atomic mass is 16.3. The molecular formula is C18H25NO. The molecule has 2 heteroatoms. The molecule has 0 saturated heterocycles. The van der Waals surface area contributed by atoms with Crippen LogP contribution in [0.25, 0.3) is 10.9 Å². The van der Waals surface area contributed by atoms with E-state index in [1.54, 1.807) is 6.20 Å². The Balaban J connectivity index is 2.44. The molecule has 0 aliphatic heterocycles. The van der Waals surface area contributed by atoms with E-state index >= 15 is 0 Å². The summed E-state index contributed by atoms with van der Waals surface area (Å²) in [5, 5.41) is 12.3. The molecule has 0 atom stereocenters. The Morgan fingerprint density at radius 1 is 1.05 bits per heavy atom. The summed E-state index contributed by atoms with van der Waals surface area (Å²) in [4.78, 5) is 4.40. The molecule has 2 rings (SSSR count). The van der Waals surface area contributed by atoms with Gasteiger partial charge in [-0.3, -0.25) is 4.98 Å². The Morgan fingerprint density at radius 3 is 2.30 bits per heavy atom. The molecule has 0 aliphatic rings. The van der Waals surface area contributed by atoms with E-state index in [2.05, 4.69) is 50.9 Å². The van der Waals surface area contributed by atoms with Gasteiger partial charge in [0.1, 0.15) is 0 Å². The van der Waals surface area contributed by atoms with E-state index in [1.807, 2.05) is 12.1 Å². The number of aromatic nitrogens is 1. The normalized spacial score (nSPS) is 12.6. The van der Waals surface area contributed by atoms with Crippen molar-refractivity contribution < 1.29 is 5.11 Å². The first-order valence-corrected chi connectivity index (χ1v) is 7.48. The average Bonchev–Trinajstić information content (AvgIpc) is 2.36. The maximum Gasteiger partial charge on any atom is 0.0902 e. The SMILES string of the molecule is CC(C)CC(O)(CC(C)C)c1ccc2cccnc2c1. The zero-order valence-corrected chi connectivity index (χ0v) is 12.9. The van der Waals surface area contributed by atoms with Crippen molar-refractivity contribution in [2.75, 3.05) is 0 Å². The lowest BCUT2D eigenvalue weighted by atomic mass is 9.79. The van der Waals surface area contributed by atoms with Crippen molar-refractivity contribution in [2.45, 2.75) is 46.1 Å². The number of nitrogens with zero attached hydrogens (tertiary/aromatic N) is 1. The van der Waals surface area contributed by atoms with Gasteiger partial charge < -0.3 is 5.11 Å². The number of fused-ring (bicyclic) bond motifs is 1. The van der Waals surface area contributed by atoms with Crippen LogP contribution in [-0.2, 0) is 5.60 Å². The minimum atomic E-state index is -0.756. The molecule has 1 heterocycles. The van der Waals surface area contributed by atoms with Crippen molar-refractivity contribution >= 4 is 10.9 Å². The van der Waals surface area contributed by atoms with Crippen LogP contribution in [0.2, 0.25) is 0 Å². The summed E-state index contributed by atoms with van der Waals surface area (Å²) in [5.74, 6) is 0.913. The lowest BCUT2D eigenvalue weighted by molar-refractivity contribution is -0.00439. The van der Waals surface area contributed by atoms with Crippen LogP contribution < -0.4 is 0 Å². The molecule has 0 radical (unpaired) electrons. The van der Waals surface area contributed by atoms with Gasteiger partial charge in [0.25, 0.3) is 0 Å². The second-order valence-electron chi connectivity index (χ2n) is 6.64. The van der Waals surface area contributed by atoms with Gasteiger partial charge in [-0.1, -0.05) is 45.9 Å². The number of benzene rings is 1. The molecule has 2 aromatic rings. The average molecular weight is 271 g/mol. The van der Waals surface area contributed by atoms with Crippen LogP contribution in [0.15, 0.2) is 36.5 Å². The molecule has 1 aromatic carbocycles. The molecule has 0 saturated carbocycles. The summed E-state index contributed by atoms with van der Waals surface area (Å²) >= 11 is 0. The first kappa shape index (κ1) is 15.0. The minimum Gasteiger partial charge on any atom is -0.385 e. The van der Waals surface area contributed by atoms with Crippen molar-refractivity contribution in [1.82, 2.24) is 4.98 Å². The van der Waals surface area contributed by atoms with Gasteiger partial charge in [-0.25, -0.2) is 0 Å². The van der Waals surface area contributed by atoms with Crippen LogP contribution in [0.4, 0.5) is 0 Å². The van der Waals surface area contributed by atoms with Crippen LogP contribution >= 0.6 is 0 Å². The van der Waals surface area contributed by atoms with Crippen LogP contribution in [0.1, 0.15) is 46.1 Å². The van der Waals surface area contributed by atoms with Crippen LogP contribution in [0.5, 0.6) is 0 Å². The molecule has 1 aromatic heterocycles. The summed E-state index contributed by atoms with van der Waals surface area (Å²) < 4.78 is 0. The van der Waals surface area contributed by atoms with E-state index in [0.717, 1.165) is 29.3 Å². The number of pyridine rings is 1. The molecule has 0 aliphatic carbocycles. The summed E-state index contributed by atoms with van der Waals surface area (Å²) in [5.41, 5.74) is 1.19. The molecular weight excluding hydrogens is 246 g/mol. The van der Waals surface area contributed by atoms with Gasteiger partial charge >= 0.3 is 0 Å². The van der Waals surface area contributed by atoms with Crippen LogP contribution in [0, 0.1) is 11.8 Å². The fourth-order valence-electron chi connectivity index (χ4n) is 3.03. The maximum atomic E-state index is 11.2. The third-order valence-corrected chi connectivity index (χ3v) is 3.64. The highest BCUT2D eigenvalue weighted by molar-refractivity contribution is 5.79. The van der Waals surface area contributed by atoms with Crippen molar-refractivity contribution in [2.24, 2.45) is 11.8 Å². The van der Waals surface area contributed by atoms with Gasteiger partial charge in [-0.05, 0) is 42.4 Å². The van der Waals surface area contributed by atoms with Gasteiger partial charge in [-0.2, -0.15) is 0 Å². The number of aliphatic hydroxyl groups is 1. The summed E-state index contributed by atoms with van der Waals surface area (Å²) in [7, 11) is 0. The predicted molar refractivity (Wildman–Crippen MR) is 84.5 cm³/mol. The van der Waals surface area contributed by atoms with Crippen molar-refractivity contribution in [3.8, 4) is 0 Å². The Hall–Kier alpha value is -1.41. The van der Waals surface area contributed by atoms with Crippen molar-refractivity contribution in [1.29, 1.82) is 0 Å². The minimum absolute atomic E-state index is 0.457. The third kappa shape index (κ3) is 3.37. The van der Waals surface area contributed by atoms with E-state index < -0.39 is 5.60 Å². The second kappa shape index (κ2) is 5.92. The molecule has 0 spiro atoms. The molecule has 108 valence electrons. The first-order chi connectivity index (χ1) is 9.40. The van der Waals surface area contributed by atoms with Crippen molar-refractivity contribution in [3.63, 3.8) is 0 Å². The van der Waals surface area contributed by atoms with Gasteiger partial charge in [0, 0.05) is 11.6 Å². The lowest BCUT2D eigenvalue weighted by Gasteiger charge is -2.32. The number of hydrogen-bond acceptors (Lipinski definition) is 2. The maximum absolute atomic E-state index is 11.2. The largest absolute Gasteiger partial charge is 0.385 e. The quantitative estimate of drug-likeness (QED) is 0.867. The Labute approximate surface area is 121 Å². The van der Waals surface area contributed by atoms with Crippen molar-refractivity contribution in [3.05, 3.63) is 42.1 Å². The fraction of sp³-hybridized carbons (Fsp3) is 0.500. The Kier molecular flexibility index (Phi) is 4.44. The number of rotatable bonds is 5. The van der Waals surface area contributed by atoms with E-state index in [4.69, 9.17) is 0 Å². The standard InChI is InChI=1S/C18H25NO/c1-13(2)11-18(20,12-14(3)4)16-8-7-15-6-5-9-19-17(15)10-16/h5-10,13-14,20H,11-12H2,1-4H3. The predicted octanol–water partition coefficient (Wildman–Crippen LogP) is 4.51. The van der Waals surface area contributed by atoms with E-state index in [-0.39, 0.29) is 0 Å². The zero-order valence-electron chi connectivity index (χ0n) is 12.9. The zero-order chi connectivity index (χ0) is 14.8. The number of hydrogen-bond donors (Lipinski definition) is 1. The Bertz CT molecular complexity index is 564. The first-order valence-electron chi connectivity index (χ1n) is 7.48. The van der Waals surface area contributed by atoms with E-state index in [0.29, 0.717) is 11.8 Å². The highest BCUT2D eigenvalue weighted by Crippen LogP contribution is 2.35. The summed E-state index contributed by atoms with van der Waals surface area (Å²) in [6, 6.07) is 10.1. The van der Waals surface area contributed by atoms with Gasteiger partial charge in [0.05, 0.1) is 11.1 Å². The lowest BCUT2D eigenvalue weighted by Crippen LogP contribution is -2.29. The summed E-state index contributed by atoms with van der Waals surface area (Å²) in [6.45, 7) is 8.63. The topological polar surface area (TPSA) is 33.1 Å². The van der Waals surface area contributed by atoms with E-state index in [1.165, 1.54) is 0 Å². The molecule has 0 bridgehead atoms. The monoisotopic (exact) mass is 271 g/mol.